The molecule has 0 amide bonds. The van der Waals surface area contributed by atoms with E-state index in [1.165, 1.54) is 3.57 Å². The average molecular weight is 373 g/mol. The summed E-state index contributed by atoms with van der Waals surface area (Å²) in [7, 11) is 0. The van der Waals surface area contributed by atoms with E-state index in [0.29, 0.717) is 25.6 Å². The molecule has 1 aliphatic rings. The lowest BCUT2D eigenvalue weighted by Crippen LogP contribution is -2.32. The topological polar surface area (TPSA) is 38.3 Å². The average Bonchev–Trinajstić information content (AvgIpc) is 2.43. The first-order valence-electron chi connectivity index (χ1n) is 6.82. The van der Waals surface area contributed by atoms with Crippen LogP contribution in [0.2, 0.25) is 0 Å². The molecule has 0 atom stereocenters. The minimum Gasteiger partial charge on any atom is -0.378 e. The van der Waals surface area contributed by atoms with Crippen LogP contribution in [0.25, 0.3) is 0 Å². The fourth-order valence-corrected chi connectivity index (χ4v) is 2.58. The molecule has 1 fully saturated rings. The van der Waals surface area contributed by atoms with Gasteiger partial charge in [0.1, 0.15) is 5.78 Å². The maximum atomic E-state index is 11.8. The van der Waals surface area contributed by atoms with Crippen LogP contribution in [0.3, 0.4) is 0 Å². The molecule has 0 saturated carbocycles. The van der Waals surface area contributed by atoms with E-state index in [1.807, 2.05) is 24.3 Å². The first-order valence-corrected chi connectivity index (χ1v) is 7.90. The lowest BCUT2D eigenvalue weighted by molar-refractivity contribution is -0.120. The molecule has 0 aromatic heterocycles. The SMILES string of the molecule is O=C(CCOC1CCNCC1)Cc1ccc(I)cc1. The summed E-state index contributed by atoms with van der Waals surface area (Å²) >= 11 is 2.27. The largest absolute Gasteiger partial charge is 0.378 e. The number of carbonyl (C=O) groups excluding carboxylic acids is 1. The molecule has 0 aliphatic carbocycles. The van der Waals surface area contributed by atoms with Crippen molar-refractivity contribution in [2.45, 2.75) is 31.8 Å². The standard InChI is InChI=1S/C15H20INO2/c16-13-3-1-12(2-4-13)11-14(18)7-10-19-15-5-8-17-9-6-15/h1-4,15,17H,5-11H2. The van der Waals surface area contributed by atoms with Gasteiger partial charge in [-0.2, -0.15) is 0 Å². The summed E-state index contributed by atoms with van der Waals surface area (Å²) in [6.07, 6.45) is 3.51. The summed E-state index contributed by atoms with van der Waals surface area (Å²) in [6, 6.07) is 8.12. The molecule has 19 heavy (non-hydrogen) atoms. The Morgan fingerprint density at radius 1 is 1.26 bits per heavy atom. The zero-order valence-corrected chi connectivity index (χ0v) is 13.2. The molecule has 3 nitrogen and oxygen atoms in total. The molecular formula is C15H20INO2. The maximum absolute atomic E-state index is 11.8. The number of nitrogens with one attached hydrogen (secondary N) is 1. The number of halogens is 1. The highest BCUT2D eigenvalue weighted by molar-refractivity contribution is 14.1. The van der Waals surface area contributed by atoms with Gasteiger partial charge in [0.15, 0.2) is 0 Å². The highest BCUT2D eigenvalue weighted by Gasteiger charge is 2.13. The Labute approximate surface area is 128 Å². The van der Waals surface area contributed by atoms with Gasteiger partial charge in [0.2, 0.25) is 0 Å². The van der Waals surface area contributed by atoms with Gasteiger partial charge < -0.3 is 10.1 Å². The number of hydrogen-bond donors (Lipinski definition) is 1. The fourth-order valence-electron chi connectivity index (χ4n) is 2.22. The van der Waals surface area contributed by atoms with Crippen molar-refractivity contribution in [3.05, 3.63) is 33.4 Å². The lowest BCUT2D eigenvalue weighted by atomic mass is 10.1. The lowest BCUT2D eigenvalue weighted by Gasteiger charge is -2.22. The molecule has 1 saturated heterocycles. The van der Waals surface area contributed by atoms with Crippen LogP contribution in [0.15, 0.2) is 24.3 Å². The number of piperidine rings is 1. The molecule has 1 N–H and O–H groups in total. The Balaban J connectivity index is 1.65. The molecule has 1 aromatic carbocycles. The van der Waals surface area contributed by atoms with Gasteiger partial charge in [-0.25, -0.2) is 0 Å². The van der Waals surface area contributed by atoms with Crippen molar-refractivity contribution >= 4 is 28.4 Å². The van der Waals surface area contributed by atoms with Crippen LogP contribution >= 0.6 is 22.6 Å². The van der Waals surface area contributed by atoms with E-state index in [9.17, 15) is 4.79 Å². The predicted octanol–water partition coefficient (Wildman–Crippen LogP) is 2.56. The Kier molecular flexibility index (Phi) is 6.26. The second kappa shape index (κ2) is 7.97. The van der Waals surface area contributed by atoms with Crippen LogP contribution < -0.4 is 5.32 Å². The van der Waals surface area contributed by atoms with E-state index >= 15 is 0 Å². The monoisotopic (exact) mass is 373 g/mol. The second-order valence-corrected chi connectivity index (χ2v) is 6.16. The van der Waals surface area contributed by atoms with Gasteiger partial charge in [0, 0.05) is 16.4 Å². The van der Waals surface area contributed by atoms with Crippen LogP contribution in [0.1, 0.15) is 24.8 Å². The van der Waals surface area contributed by atoms with Crippen molar-refractivity contribution < 1.29 is 9.53 Å². The molecule has 2 rings (SSSR count). The van der Waals surface area contributed by atoms with Gasteiger partial charge in [-0.1, -0.05) is 12.1 Å². The van der Waals surface area contributed by atoms with E-state index in [2.05, 4.69) is 27.9 Å². The smallest absolute Gasteiger partial charge is 0.139 e. The van der Waals surface area contributed by atoms with E-state index in [-0.39, 0.29) is 5.78 Å². The first kappa shape index (κ1) is 14.9. The Morgan fingerprint density at radius 3 is 2.63 bits per heavy atom. The molecule has 1 heterocycles. The summed E-state index contributed by atoms with van der Waals surface area (Å²) in [4.78, 5) is 11.8. The van der Waals surface area contributed by atoms with E-state index in [4.69, 9.17) is 4.74 Å². The van der Waals surface area contributed by atoms with E-state index < -0.39 is 0 Å². The van der Waals surface area contributed by atoms with Crippen LogP contribution in [-0.2, 0) is 16.0 Å². The number of ether oxygens (including phenoxy) is 1. The molecule has 1 aliphatic heterocycles. The maximum Gasteiger partial charge on any atom is 0.139 e. The summed E-state index contributed by atoms with van der Waals surface area (Å²) in [5, 5.41) is 3.30. The summed E-state index contributed by atoms with van der Waals surface area (Å²) in [5.41, 5.74) is 1.09. The van der Waals surface area contributed by atoms with Gasteiger partial charge in [0.05, 0.1) is 12.7 Å². The van der Waals surface area contributed by atoms with Gasteiger partial charge in [-0.3, -0.25) is 4.79 Å². The van der Waals surface area contributed by atoms with Crippen LogP contribution in [-0.4, -0.2) is 31.6 Å². The van der Waals surface area contributed by atoms with Gasteiger partial charge >= 0.3 is 0 Å². The van der Waals surface area contributed by atoms with Crippen molar-refractivity contribution in [3.8, 4) is 0 Å². The highest BCUT2D eigenvalue weighted by Crippen LogP contribution is 2.10. The van der Waals surface area contributed by atoms with Crippen LogP contribution in [0, 0.1) is 3.57 Å². The summed E-state index contributed by atoms with van der Waals surface area (Å²) in [5.74, 6) is 0.259. The third-order valence-corrected chi connectivity index (χ3v) is 4.05. The van der Waals surface area contributed by atoms with Crippen molar-refractivity contribution in [2.24, 2.45) is 0 Å². The summed E-state index contributed by atoms with van der Waals surface area (Å²) in [6.45, 7) is 2.62. The molecular weight excluding hydrogens is 353 g/mol. The molecule has 0 unspecified atom stereocenters. The predicted molar refractivity (Wildman–Crippen MR) is 84.3 cm³/mol. The number of benzene rings is 1. The third kappa shape index (κ3) is 5.58. The van der Waals surface area contributed by atoms with Gasteiger partial charge in [0.25, 0.3) is 0 Å². The molecule has 0 spiro atoms. The molecule has 104 valence electrons. The number of rotatable bonds is 6. The normalized spacial score (nSPS) is 16.5. The Morgan fingerprint density at radius 2 is 1.95 bits per heavy atom. The molecule has 0 bridgehead atoms. The summed E-state index contributed by atoms with van der Waals surface area (Å²) < 4.78 is 6.95. The second-order valence-electron chi connectivity index (χ2n) is 4.91. The zero-order valence-electron chi connectivity index (χ0n) is 11.0. The highest BCUT2D eigenvalue weighted by atomic mass is 127. The minimum atomic E-state index is 0.259. The number of Topliss-reactive ketones (excluding diaryl/α,β-unsaturated/α-hetero) is 1. The van der Waals surface area contributed by atoms with Crippen molar-refractivity contribution in [3.63, 3.8) is 0 Å². The molecule has 1 aromatic rings. The number of ketones is 1. The van der Waals surface area contributed by atoms with Crippen molar-refractivity contribution in [1.82, 2.24) is 5.32 Å². The van der Waals surface area contributed by atoms with E-state index in [0.717, 1.165) is 31.5 Å². The van der Waals surface area contributed by atoms with Crippen molar-refractivity contribution in [1.29, 1.82) is 0 Å². The van der Waals surface area contributed by atoms with Gasteiger partial charge in [-0.05, 0) is 66.2 Å². The third-order valence-electron chi connectivity index (χ3n) is 3.34. The number of carbonyl (C=O) groups is 1. The Bertz CT molecular complexity index is 399. The van der Waals surface area contributed by atoms with Crippen LogP contribution in [0.4, 0.5) is 0 Å². The van der Waals surface area contributed by atoms with E-state index in [1.54, 1.807) is 0 Å². The number of hydrogen-bond acceptors (Lipinski definition) is 3. The van der Waals surface area contributed by atoms with Crippen LogP contribution in [0.5, 0.6) is 0 Å². The molecule has 0 radical (unpaired) electrons. The quantitative estimate of drug-likeness (QED) is 0.779. The van der Waals surface area contributed by atoms with Crippen molar-refractivity contribution in [2.75, 3.05) is 19.7 Å². The molecule has 4 heteroatoms. The van der Waals surface area contributed by atoms with Gasteiger partial charge in [-0.15, -0.1) is 0 Å². The minimum absolute atomic E-state index is 0.259. The fraction of sp³-hybridized carbons (Fsp3) is 0.533. The zero-order chi connectivity index (χ0) is 13.5. The first-order chi connectivity index (χ1) is 9.24. The Hall–Kier alpha value is -0.460.